The highest BCUT2D eigenvalue weighted by atomic mass is 32.1. The largest absolute Gasteiger partial charge is 0.451 e. The van der Waals surface area contributed by atoms with Crippen molar-refractivity contribution in [1.29, 1.82) is 0 Å². The highest BCUT2D eigenvalue weighted by Gasteiger charge is 2.21. The van der Waals surface area contributed by atoms with Crippen molar-refractivity contribution in [3.8, 4) is 10.6 Å². The molecule has 6 nitrogen and oxygen atoms in total. The van der Waals surface area contributed by atoms with Gasteiger partial charge in [-0.1, -0.05) is 0 Å². The summed E-state index contributed by atoms with van der Waals surface area (Å²) in [5.74, 6) is -1.15. The van der Waals surface area contributed by atoms with E-state index >= 15 is 0 Å². The Labute approximate surface area is 148 Å². The standard InChI is InChI=1S/C17H17FN2O4S/c1-11-15(25-16(19-11)12-2-4-13(18)5-3-12)17(22)24-10-14(21)20-6-8-23-9-7-20/h2-5H,6-10H2,1H3. The van der Waals surface area contributed by atoms with Crippen LogP contribution in [-0.4, -0.2) is 54.7 Å². The first-order valence-corrected chi connectivity index (χ1v) is 8.62. The van der Waals surface area contributed by atoms with Crippen LogP contribution < -0.4 is 0 Å². The van der Waals surface area contributed by atoms with Crippen LogP contribution >= 0.6 is 11.3 Å². The second-order valence-corrected chi connectivity index (χ2v) is 6.51. The van der Waals surface area contributed by atoms with Crippen LogP contribution in [0.5, 0.6) is 0 Å². The topological polar surface area (TPSA) is 68.7 Å². The molecule has 25 heavy (non-hydrogen) atoms. The van der Waals surface area contributed by atoms with Gasteiger partial charge in [0.2, 0.25) is 0 Å². The predicted molar refractivity (Wildman–Crippen MR) is 89.9 cm³/mol. The number of aryl methyl sites for hydroxylation is 1. The van der Waals surface area contributed by atoms with E-state index in [0.717, 1.165) is 16.9 Å². The van der Waals surface area contributed by atoms with Gasteiger partial charge in [-0.05, 0) is 31.2 Å². The van der Waals surface area contributed by atoms with Crippen LogP contribution in [0.4, 0.5) is 4.39 Å². The molecule has 1 amide bonds. The molecular weight excluding hydrogens is 347 g/mol. The number of ether oxygens (including phenoxy) is 2. The average Bonchev–Trinajstić information content (AvgIpc) is 3.02. The maximum absolute atomic E-state index is 13.0. The van der Waals surface area contributed by atoms with Gasteiger partial charge in [0.15, 0.2) is 6.61 Å². The minimum absolute atomic E-state index is 0.238. The number of thiazole rings is 1. The number of hydrogen-bond donors (Lipinski definition) is 0. The molecule has 1 aromatic carbocycles. The van der Waals surface area contributed by atoms with Gasteiger partial charge in [-0.2, -0.15) is 0 Å². The number of halogens is 1. The van der Waals surface area contributed by atoms with Crippen LogP contribution in [-0.2, 0) is 14.3 Å². The van der Waals surface area contributed by atoms with E-state index in [-0.39, 0.29) is 18.3 Å². The smallest absolute Gasteiger partial charge is 0.350 e. The van der Waals surface area contributed by atoms with Gasteiger partial charge in [-0.15, -0.1) is 11.3 Å². The van der Waals surface area contributed by atoms with Crippen LogP contribution in [0.1, 0.15) is 15.4 Å². The minimum atomic E-state index is -0.579. The van der Waals surface area contributed by atoms with Crippen molar-refractivity contribution in [2.75, 3.05) is 32.9 Å². The summed E-state index contributed by atoms with van der Waals surface area (Å²) in [5, 5.41) is 0.601. The molecule has 1 saturated heterocycles. The molecule has 1 aromatic heterocycles. The Bertz CT molecular complexity index is 769. The Morgan fingerprint density at radius 2 is 1.96 bits per heavy atom. The quantitative estimate of drug-likeness (QED) is 0.779. The molecule has 0 bridgehead atoms. The third kappa shape index (κ3) is 4.21. The second-order valence-electron chi connectivity index (χ2n) is 5.51. The van der Waals surface area contributed by atoms with Gasteiger partial charge in [0.1, 0.15) is 15.7 Å². The lowest BCUT2D eigenvalue weighted by Gasteiger charge is -2.26. The molecular formula is C17H17FN2O4S. The molecule has 2 aromatic rings. The molecule has 0 atom stereocenters. The van der Waals surface area contributed by atoms with E-state index in [1.807, 2.05) is 0 Å². The Morgan fingerprint density at radius 3 is 2.64 bits per heavy atom. The number of aromatic nitrogens is 1. The number of amides is 1. The fourth-order valence-electron chi connectivity index (χ4n) is 2.40. The summed E-state index contributed by atoms with van der Waals surface area (Å²) in [6.07, 6.45) is 0. The van der Waals surface area contributed by atoms with E-state index in [1.54, 1.807) is 24.0 Å². The summed E-state index contributed by atoms with van der Waals surface area (Å²) >= 11 is 1.16. The zero-order chi connectivity index (χ0) is 17.8. The van der Waals surface area contributed by atoms with E-state index in [1.165, 1.54) is 12.1 Å². The maximum Gasteiger partial charge on any atom is 0.350 e. The van der Waals surface area contributed by atoms with Gasteiger partial charge in [0.25, 0.3) is 5.91 Å². The number of benzene rings is 1. The summed E-state index contributed by atoms with van der Waals surface area (Å²) in [6, 6.07) is 5.88. The molecule has 0 saturated carbocycles. The lowest BCUT2D eigenvalue weighted by molar-refractivity contribution is -0.138. The number of esters is 1. The monoisotopic (exact) mass is 364 g/mol. The number of carbonyl (C=O) groups excluding carboxylic acids is 2. The summed E-state index contributed by atoms with van der Waals surface area (Å²) in [7, 11) is 0. The second kappa shape index (κ2) is 7.71. The van der Waals surface area contributed by atoms with Gasteiger partial charge in [-0.25, -0.2) is 14.2 Å². The van der Waals surface area contributed by atoms with Crippen LogP contribution in [0, 0.1) is 12.7 Å². The number of carbonyl (C=O) groups is 2. The van der Waals surface area contributed by atoms with Crippen LogP contribution in [0.15, 0.2) is 24.3 Å². The van der Waals surface area contributed by atoms with Crippen molar-refractivity contribution < 1.29 is 23.5 Å². The van der Waals surface area contributed by atoms with Gasteiger partial charge in [0.05, 0.1) is 18.9 Å². The first kappa shape index (κ1) is 17.5. The Morgan fingerprint density at radius 1 is 1.28 bits per heavy atom. The molecule has 0 unspecified atom stereocenters. The van der Waals surface area contributed by atoms with Crippen molar-refractivity contribution in [2.45, 2.75) is 6.92 Å². The Balaban J connectivity index is 1.64. The zero-order valence-electron chi connectivity index (χ0n) is 13.7. The fourth-order valence-corrected chi connectivity index (χ4v) is 3.36. The number of rotatable bonds is 4. The Hall–Kier alpha value is -2.32. The van der Waals surface area contributed by atoms with Gasteiger partial charge in [-0.3, -0.25) is 4.79 Å². The van der Waals surface area contributed by atoms with E-state index in [2.05, 4.69) is 4.98 Å². The van der Waals surface area contributed by atoms with Crippen molar-refractivity contribution in [3.63, 3.8) is 0 Å². The van der Waals surface area contributed by atoms with Crippen molar-refractivity contribution in [2.24, 2.45) is 0 Å². The summed E-state index contributed by atoms with van der Waals surface area (Å²) in [6.45, 7) is 3.39. The van der Waals surface area contributed by atoms with Crippen molar-refractivity contribution in [3.05, 3.63) is 40.7 Å². The van der Waals surface area contributed by atoms with Gasteiger partial charge in [0, 0.05) is 18.7 Å². The maximum atomic E-state index is 13.0. The molecule has 132 valence electrons. The Kier molecular flexibility index (Phi) is 5.40. The highest BCUT2D eigenvalue weighted by molar-refractivity contribution is 7.17. The lowest BCUT2D eigenvalue weighted by atomic mass is 10.2. The first-order valence-electron chi connectivity index (χ1n) is 7.80. The molecule has 0 N–H and O–H groups in total. The number of morpholine rings is 1. The van der Waals surface area contributed by atoms with Crippen LogP contribution in [0.2, 0.25) is 0 Å². The van der Waals surface area contributed by atoms with E-state index in [4.69, 9.17) is 9.47 Å². The fraction of sp³-hybridized carbons (Fsp3) is 0.353. The normalized spacial score (nSPS) is 14.4. The third-order valence-corrected chi connectivity index (χ3v) is 4.95. The van der Waals surface area contributed by atoms with Crippen LogP contribution in [0.25, 0.3) is 10.6 Å². The molecule has 0 radical (unpaired) electrons. The molecule has 1 aliphatic heterocycles. The predicted octanol–water partition coefficient (Wildman–Crippen LogP) is 2.27. The third-order valence-electron chi connectivity index (χ3n) is 3.76. The SMILES string of the molecule is Cc1nc(-c2ccc(F)cc2)sc1C(=O)OCC(=O)N1CCOCC1. The van der Waals surface area contributed by atoms with Crippen molar-refractivity contribution >= 4 is 23.2 Å². The summed E-state index contributed by atoms with van der Waals surface area (Å²) < 4.78 is 23.3. The van der Waals surface area contributed by atoms with Gasteiger partial charge >= 0.3 is 5.97 Å². The molecule has 2 heterocycles. The minimum Gasteiger partial charge on any atom is -0.451 e. The molecule has 8 heteroatoms. The number of hydrogen-bond acceptors (Lipinski definition) is 6. The molecule has 0 spiro atoms. The summed E-state index contributed by atoms with van der Waals surface area (Å²) in [5.41, 5.74) is 1.24. The lowest BCUT2D eigenvalue weighted by Crippen LogP contribution is -2.42. The highest BCUT2D eigenvalue weighted by Crippen LogP contribution is 2.28. The van der Waals surface area contributed by atoms with Crippen LogP contribution in [0.3, 0.4) is 0 Å². The molecule has 1 fully saturated rings. The number of nitrogens with zero attached hydrogens (tertiary/aromatic N) is 2. The van der Waals surface area contributed by atoms with E-state index in [9.17, 15) is 14.0 Å². The zero-order valence-corrected chi connectivity index (χ0v) is 14.5. The van der Waals surface area contributed by atoms with Crippen molar-refractivity contribution in [1.82, 2.24) is 9.88 Å². The van der Waals surface area contributed by atoms with Gasteiger partial charge < -0.3 is 14.4 Å². The molecule has 1 aliphatic rings. The molecule has 3 rings (SSSR count). The average molecular weight is 364 g/mol. The van der Waals surface area contributed by atoms with E-state index in [0.29, 0.717) is 41.9 Å². The first-order chi connectivity index (χ1) is 12.0. The van der Waals surface area contributed by atoms with E-state index < -0.39 is 5.97 Å². The molecule has 0 aliphatic carbocycles. The summed E-state index contributed by atoms with van der Waals surface area (Å²) in [4.78, 5) is 30.6.